The second-order valence-electron chi connectivity index (χ2n) is 4.95. The van der Waals surface area contributed by atoms with Crippen molar-refractivity contribution in [3.63, 3.8) is 0 Å². The summed E-state index contributed by atoms with van der Waals surface area (Å²) in [6.07, 6.45) is 3.88. The highest BCUT2D eigenvalue weighted by Crippen LogP contribution is 2.26. The topological polar surface area (TPSA) is 66.4 Å². The maximum absolute atomic E-state index is 12.4. The van der Waals surface area contributed by atoms with E-state index < -0.39 is 10.0 Å². The van der Waals surface area contributed by atoms with Crippen LogP contribution in [0.15, 0.2) is 17.0 Å². The fourth-order valence-electron chi connectivity index (χ4n) is 2.48. The standard InChI is InChI=1S/C13H18ClNO3S/c1-9-10(8-16)6-11(14)7-13(9)19(17,18)15-12-4-2-3-5-12/h6-7,12,15-16H,2-5,8H2,1H3. The van der Waals surface area contributed by atoms with Crippen molar-refractivity contribution in [1.29, 1.82) is 0 Å². The Morgan fingerprint density at radius 1 is 1.37 bits per heavy atom. The molecule has 1 aromatic carbocycles. The van der Waals surface area contributed by atoms with Gasteiger partial charge in [0.1, 0.15) is 0 Å². The second kappa shape index (κ2) is 5.79. The number of nitrogens with one attached hydrogen (secondary N) is 1. The molecule has 1 aromatic rings. The SMILES string of the molecule is Cc1c(CO)cc(Cl)cc1S(=O)(=O)NC1CCCC1. The van der Waals surface area contributed by atoms with Gasteiger partial charge in [-0.3, -0.25) is 0 Å². The molecule has 2 rings (SSSR count). The molecule has 0 bridgehead atoms. The Bertz CT molecular complexity index is 565. The van der Waals surface area contributed by atoms with E-state index in [0.717, 1.165) is 25.7 Å². The van der Waals surface area contributed by atoms with Crippen LogP contribution < -0.4 is 4.72 Å². The fraction of sp³-hybridized carbons (Fsp3) is 0.538. The highest BCUT2D eigenvalue weighted by atomic mass is 35.5. The lowest BCUT2D eigenvalue weighted by molar-refractivity contribution is 0.280. The number of aliphatic hydroxyl groups excluding tert-OH is 1. The molecule has 0 spiro atoms. The lowest BCUT2D eigenvalue weighted by Gasteiger charge is -2.16. The molecule has 2 N–H and O–H groups in total. The van der Waals surface area contributed by atoms with Crippen molar-refractivity contribution in [2.75, 3.05) is 0 Å². The minimum Gasteiger partial charge on any atom is -0.392 e. The van der Waals surface area contributed by atoms with Gasteiger partial charge in [-0.05, 0) is 43.0 Å². The van der Waals surface area contributed by atoms with E-state index in [1.54, 1.807) is 13.0 Å². The van der Waals surface area contributed by atoms with Crippen LogP contribution in [0.4, 0.5) is 0 Å². The second-order valence-corrected chi connectivity index (χ2v) is 7.07. The molecule has 0 atom stereocenters. The van der Waals surface area contributed by atoms with Gasteiger partial charge in [0.15, 0.2) is 0 Å². The Hall–Kier alpha value is -0.620. The zero-order chi connectivity index (χ0) is 14.0. The summed E-state index contributed by atoms with van der Waals surface area (Å²) in [5.41, 5.74) is 1.09. The van der Waals surface area contributed by atoms with Crippen LogP contribution in [0.25, 0.3) is 0 Å². The Labute approximate surface area is 118 Å². The zero-order valence-corrected chi connectivity index (χ0v) is 12.4. The molecule has 0 aromatic heterocycles. The molecule has 19 heavy (non-hydrogen) atoms. The maximum atomic E-state index is 12.4. The van der Waals surface area contributed by atoms with E-state index in [9.17, 15) is 13.5 Å². The van der Waals surface area contributed by atoms with E-state index in [-0.39, 0.29) is 17.5 Å². The molecule has 106 valence electrons. The quantitative estimate of drug-likeness (QED) is 0.897. The van der Waals surface area contributed by atoms with Gasteiger partial charge >= 0.3 is 0 Å². The van der Waals surface area contributed by atoms with E-state index in [4.69, 9.17) is 11.6 Å². The fourth-order valence-corrected chi connectivity index (χ4v) is 4.40. The first kappa shape index (κ1) is 14.8. The van der Waals surface area contributed by atoms with Crippen LogP contribution in [-0.2, 0) is 16.6 Å². The first-order valence-corrected chi connectivity index (χ1v) is 8.22. The number of sulfonamides is 1. The summed E-state index contributed by atoms with van der Waals surface area (Å²) in [5, 5.41) is 9.56. The molecule has 1 aliphatic rings. The van der Waals surface area contributed by atoms with E-state index in [1.807, 2.05) is 0 Å². The van der Waals surface area contributed by atoms with Crippen LogP contribution >= 0.6 is 11.6 Å². The molecule has 0 radical (unpaired) electrons. The summed E-state index contributed by atoms with van der Waals surface area (Å²) in [7, 11) is -3.58. The first-order valence-electron chi connectivity index (χ1n) is 6.36. The molecule has 6 heteroatoms. The van der Waals surface area contributed by atoms with Gasteiger partial charge in [-0.2, -0.15) is 0 Å². The minimum absolute atomic E-state index is 0.0148. The predicted octanol–water partition coefficient (Wildman–Crippen LogP) is 2.36. The molecule has 1 saturated carbocycles. The van der Waals surface area contributed by atoms with Crippen molar-refractivity contribution in [1.82, 2.24) is 4.72 Å². The van der Waals surface area contributed by atoms with Crippen LogP contribution in [-0.4, -0.2) is 19.6 Å². The summed E-state index contributed by atoms with van der Waals surface area (Å²) in [5.74, 6) is 0. The number of hydrogen-bond acceptors (Lipinski definition) is 3. The Balaban J connectivity index is 2.36. The van der Waals surface area contributed by atoms with Gasteiger partial charge < -0.3 is 5.11 Å². The molecule has 4 nitrogen and oxygen atoms in total. The molecule has 0 saturated heterocycles. The third-order valence-corrected chi connectivity index (χ3v) is 5.43. The number of hydrogen-bond donors (Lipinski definition) is 2. The number of benzene rings is 1. The van der Waals surface area contributed by atoms with Gasteiger partial charge in [0.25, 0.3) is 0 Å². The van der Waals surface area contributed by atoms with Gasteiger partial charge in [0, 0.05) is 11.1 Å². The van der Waals surface area contributed by atoms with Crippen LogP contribution in [0.5, 0.6) is 0 Å². The Morgan fingerprint density at radius 3 is 2.58 bits per heavy atom. The van der Waals surface area contributed by atoms with Gasteiger partial charge in [0.2, 0.25) is 10.0 Å². The lowest BCUT2D eigenvalue weighted by atomic mass is 10.1. The van der Waals surface area contributed by atoms with Gasteiger partial charge in [0.05, 0.1) is 11.5 Å². The highest BCUT2D eigenvalue weighted by Gasteiger charge is 2.25. The molecule has 0 aliphatic heterocycles. The number of halogens is 1. The average molecular weight is 304 g/mol. The van der Waals surface area contributed by atoms with Crippen molar-refractivity contribution in [2.24, 2.45) is 0 Å². The molecule has 0 amide bonds. The molecule has 0 heterocycles. The van der Waals surface area contributed by atoms with Crippen LogP contribution in [0, 0.1) is 6.92 Å². The third kappa shape index (κ3) is 3.28. The van der Waals surface area contributed by atoms with Crippen molar-refractivity contribution in [2.45, 2.75) is 50.2 Å². The zero-order valence-electron chi connectivity index (χ0n) is 10.8. The maximum Gasteiger partial charge on any atom is 0.241 e. The average Bonchev–Trinajstić information content (AvgIpc) is 2.83. The van der Waals surface area contributed by atoms with Gasteiger partial charge in [-0.25, -0.2) is 13.1 Å². The Kier molecular flexibility index (Phi) is 4.50. The van der Waals surface area contributed by atoms with Crippen LogP contribution in [0.1, 0.15) is 36.8 Å². The first-order chi connectivity index (χ1) is 8.94. The molecular weight excluding hydrogens is 286 g/mol. The lowest BCUT2D eigenvalue weighted by Crippen LogP contribution is -2.33. The highest BCUT2D eigenvalue weighted by molar-refractivity contribution is 7.89. The summed E-state index contributed by atoms with van der Waals surface area (Å²) in [6, 6.07) is 3.04. The van der Waals surface area contributed by atoms with E-state index in [0.29, 0.717) is 16.1 Å². The molecule has 1 aliphatic carbocycles. The predicted molar refractivity (Wildman–Crippen MR) is 74.7 cm³/mol. The summed E-state index contributed by atoms with van der Waals surface area (Å²) in [4.78, 5) is 0.163. The summed E-state index contributed by atoms with van der Waals surface area (Å²) in [6.45, 7) is 1.46. The van der Waals surface area contributed by atoms with Crippen molar-refractivity contribution in [3.05, 3.63) is 28.3 Å². The van der Waals surface area contributed by atoms with Crippen LogP contribution in [0.2, 0.25) is 5.02 Å². The van der Waals surface area contributed by atoms with Gasteiger partial charge in [-0.15, -0.1) is 0 Å². The largest absolute Gasteiger partial charge is 0.392 e. The van der Waals surface area contributed by atoms with E-state index >= 15 is 0 Å². The van der Waals surface area contributed by atoms with Crippen molar-refractivity contribution < 1.29 is 13.5 Å². The molecule has 0 unspecified atom stereocenters. The van der Waals surface area contributed by atoms with E-state index in [2.05, 4.69) is 4.72 Å². The minimum atomic E-state index is -3.58. The number of rotatable bonds is 4. The normalized spacial score (nSPS) is 17.0. The van der Waals surface area contributed by atoms with Gasteiger partial charge in [-0.1, -0.05) is 24.4 Å². The molecule has 1 fully saturated rings. The monoisotopic (exact) mass is 303 g/mol. The van der Waals surface area contributed by atoms with E-state index in [1.165, 1.54) is 6.07 Å². The Morgan fingerprint density at radius 2 is 2.00 bits per heavy atom. The van der Waals surface area contributed by atoms with Crippen molar-refractivity contribution >= 4 is 21.6 Å². The number of aliphatic hydroxyl groups is 1. The van der Waals surface area contributed by atoms with Crippen LogP contribution in [0.3, 0.4) is 0 Å². The smallest absolute Gasteiger partial charge is 0.241 e. The summed E-state index contributed by atoms with van der Waals surface area (Å²) < 4.78 is 27.5. The third-order valence-electron chi connectivity index (χ3n) is 3.57. The molecular formula is C13H18ClNO3S. The van der Waals surface area contributed by atoms with Crippen molar-refractivity contribution in [3.8, 4) is 0 Å². The summed E-state index contributed by atoms with van der Waals surface area (Å²) >= 11 is 5.92.